The van der Waals surface area contributed by atoms with Crippen molar-refractivity contribution in [3.8, 4) is 0 Å². The third-order valence-electron chi connectivity index (χ3n) is 6.63. The molecule has 0 atom stereocenters. The molecule has 0 unspecified atom stereocenters. The number of carbonyl (C=O) groups excluding carboxylic acids is 1. The van der Waals surface area contributed by atoms with E-state index >= 15 is 0 Å². The SMILES string of the molecule is Cl.Cl.NCC1(CC(=O)N2CCC(OCCN3CCCC3)CC2)CCCCC1. The maximum atomic E-state index is 12.7. The van der Waals surface area contributed by atoms with E-state index in [0.717, 1.165) is 51.9 Å². The number of ether oxygens (including phenoxy) is 1. The minimum Gasteiger partial charge on any atom is -0.377 e. The van der Waals surface area contributed by atoms with Crippen molar-refractivity contribution < 1.29 is 9.53 Å². The Morgan fingerprint density at radius 1 is 0.963 bits per heavy atom. The molecule has 3 aliphatic rings. The van der Waals surface area contributed by atoms with E-state index in [9.17, 15) is 4.79 Å². The number of piperidine rings is 1. The number of nitrogens with zero attached hydrogens (tertiary/aromatic N) is 2. The van der Waals surface area contributed by atoms with Crippen molar-refractivity contribution in [1.82, 2.24) is 9.80 Å². The van der Waals surface area contributed by atoms with Crippen LogP contribution in [-0.4, -0.2) is 67.7 Å². The maximum absolute atomic E-state index is 12.7. The van der Waals surface area contributed by atoms with Crippen LogP contribution >= 0.6 is 24.8 Å². The van der Waals surface area contributed by atoms with E-state index < -0.39 is 0 Å². The molecule has 2 N–H and O–H groups in total. The van der Waals surface area contributed by atoms with Crippen LogP contribution in [0.2, 0.25) is 0 Å². The van der Waals surface area contributed by atoms with E-state index in [1.165, 1.54) is 45.2 Å². The summed E-state index contributed by atoms with van der Waals surface area (Å²) >= 11 is 0. The molecular formula is C20H39Cl2N3O2. The molecule has 0 spiro atoms. The topological polar surface area (TPSA) is 58.8 Å². The number of nitrogens with two attached hydrogens (primary N) is 1. The average molecular weight is 424 g/mol. The molecule has 160 valence electrons. The van der Waals surface area contributed by atoms with Gasteiger partial charge < -0.3 is 20.3 Å². The lowest BCUT2D eigenvalue weighted by Crippen LogP contribution is -2.45. The second-order valence-electron chi connectivity index (χ2n) is 8.44. The first-order chi connectivity index (χ1) is 12.2. The van der Waals surface area contributed by atoms with Crippen molar-refractivity contribution in [2.75, 3.05) is 45.9 Å². The zero-order chi connectivity index (χ0) is 17.5. The van der Waals surface area contributed by atoms with E-state index in [4.69, 9.17) is 10.5 Å². The Hall–Kier alpha value is -0.0700. The van der Waals surface area contributed by atoms with Crippen LogP contribution in [-0.2, 0) is 9.53 Å². The smallest absolute Gasteiger partial charge is 0.223 e. The van der Waals surface area contributed by atoms with Gasteiger partial charge in [-0.2, -0.15) is 0 Å². The average Bonchev–Trinajstić information content (AvgIpc) is 3.16. The third kappa shape index (κ3) is 7.36. The molecule has 0 aromatic heterocycles. The van der Waals surface area contributed by atoms with Crippen molar-refractivity contribution >= 4 is 30.7 Å². The molecular weight excluding hydrogens is 385 g/mol. The predicted molar refractivity (Wildman–Crippen MR) is 115 cm³/mol. The molecule has 5 nitrogen and oxygen atoms in total. The Bertz CT molecular complexity index is 419. The highest BCUT2D eigenvalue weighted by molar-refractivity contribution is 5.85. The van der Waals surface area contributed by atoms with Crippen molar-refractivity contribution in [3.63, 3.8) is 0 Å². The number of likely N-dealkylation sites (tertiary alicyclic amines) is 2. The van der Waals surface area contributed by atoms with Gasteiger partial charge in [0.2, 0.25) is 5.91 Å². The van der Waals surface area contributed by atoms with Crippen LogP contribution in [0.3, 0.4) is 0 Å². The Morgan fingerprint density at radius 3 is 2.19 bits per heavy atom. The summed E-state index contributed by atoms with van der Waals surface area (Å²) in [7, 11) is 0. The van der Waals surface area contributed by atoms with Gasteiger partial charge in [-0.15, -0.1) is 24.8 Å². The fourth-order valence-corrected chi connectivity index (χ4v) is 4.81. The summed E-state index contributed by atoms with van der Waals surface area (Å²) < 4.78 is 6.06. The Balaban J connectivity index is 0.00000182. The molecule has 2 heterocycles. The van der Waals surface area contributed by atoms with Gasteiger partial charge in [-0.05, 0) is 63.6 Å². The van der Waals surface area contributed by atoms with Gasteiger partial charge in [0, 0.05) is 26.1 Å². The van der Waals surface area contributed by atoms with Crippen molar-refractivity contribution in [2.45, 2.75) is 70.3 Å². The molecule has 1 saturated carbocycles. The second kappa shape index (κ2) is 12.5. The summed E-state index contributed by atoms with van der Waals surface area (Å²) in [4.78, 5) is 17.3. The highest BCUT2D eigenvalue weighted by atomic mass is 35.5. The largest absolute Gasteiger partial charge is 0.377 e. The number of amides is 1. The number of hydrogen-bond donors (Lipinski definition) is 1. The van der Waals surface area contributed by atoms with Crippen LogP contribution in [0.25, 0.3) is 0 Å². The van der Waals surface area contributed by atoms with Gasteiger partial charge in [0.05, 0.1) is 12.7 Å². The van der Waals surface area contributed by atoms with E-state index in [1.54, 1.807) is 0 Å². The van der Waals surface area contributed by atoms with E-state index in [0.29, 0.717) is 25.0 Å². The lowest BCUT2D eigenvalue weighted by atomic mass is 9.71. The minimum absolute atomic E-state index is 0. The van der Waals surface area contributed by atoms with Crippen LogP contribution in [0.4, 0.5) is 0 Å². The van der Waals surface area contributed by atoms with Crippen molar-refractivity contribution in [2.24, 2.45) is 11.1 Å². The molecule has 0 aromatic carbocycles. The summed E-state index contributed by atoms with van der Waals surface area (Å²) in [5.74, 6) is 0.322. The molecule has 2 saturated heterocycles. The first-order valence-corrected chi connectivity index (χ1v) is 10.5. The predicted octanol–water partition coefficient (Wildman–Crippen LogP) is 3.23. The molecule has 7 heteroatoms. The van der Waals surface area contributed by atoms with Gasteiger partial charge in [-0.1, -0.05) is 19.3 Å². The van der Waals surface area contributed by atoms with Crippen molar-refractivity contribution in [3.05, 3.63) is 0 Å². The molecule has 2 aliphatic heterocycles. The fourth-order valence-electron chi connectivity index (χ4n) is 4.81. The number of hydrogen-bond acceptors (Lipinski definition) is 4. The quantitative estimate of drug-likeness (QED) is 0.682. The third-order valence-corrected chi connectivity index (χ3v) is 6.63. The van der Waals surface area contributed by atoms with E-state index in [1.807, 2.05) is 0 Å². The summed E-state index contributed by atoms with van der Waals surface area (Å²) in [5, 5.41) is 0. The summed E-state index contributed by atoms with van der Waals surface area (Å²) in [5.41, 5.74) is 6.13. The van der Waals surface area contributed by atoms with Crippen LogP contribution in [0, 0.1) is 5.41 Å². The van der Waals surface area contributed by atoms with E-state index in [-0.39, 0.29) is 30.2 Å². The zero-order valence-electron chi connectivity index (χ0n) is 16.7. The van der Waals surface area contributed by atoms with Crippen LogP contribution in [0.5, 0.6) is 0 Å². The monoisotopic (exact) mass is 423 g/mol. The Labute approximate surface area is 177 Å². The van der Waals surface area contributed by atoms with Crippen LogP contribution < -0.4 is 5.73 Å². The van der Waals surface area contributed by atoms with Gasteiger partial charge in [-0.3, -0.25) is 4.79 Å². The molecule has 0 radical (unpaired) electrons. The number of halogens is 2. The molecule has 1 aliphatic carbocycles. The number of rotatable bonds is 7. The highest BCUT2D eigenvalue weighted by Gasteiger charge is 2.35. The molecule has 27 heavy (non-hydrogen) atoms. The lowest BCUT2D eigenvalue weighted by Gasteiger charge is -2.39. The van der Waals surface area contributed by atoms with Gasteiger partial charge in [-0.25, -0.2) is 0 Å². The fraction of sp³-hybridized carbons (Fsp3) is 0.950. The molecule has 0 aromatic rings. The summed E-state index contributed by atoms with van der Waals surface area (Å²) in [6.07, 6.45) is 11.7. The standard InChI is InChI=1S/C20H37N3O2.2ClH/c21-17-20(8-2-1-3-9-20)16-19(24)23-12-6-18(7-13-23)25-15-14-22-10-4-5-11-22;;/h18H,1-17,21H2;2*1H. The number of carbonyl (C=O) groups is 1. The van der Waals surface area contributed by atoms with Gasteiger partial charge >= 0.3 is 0 Å². The second-order valence-corrected chi connectivity index (χ2v) is 8.44. The maximum Gasteiger partial charge on any atom is 0.223 e. The highest BCUT2D eigenvalue weighted by Crippen LogP contribution is 2.39. The molecule has 0 bridgehead atoms. The van der Waals surface area contributed by atoms with Crippen LogP contribution in [0.15, 0.2) is 0 Å². The van der Waals surface area contributed by atoms with Gasteiger partial charge in [0.25, 0.3) is 0 Å². The summed E-state index contributed by atoms with van der Waals surface area (Å²) in [6.45, 7) is 6.75. The molecule has 1 amide bonds. The van der Waals surface area contributed by atoms with Gasteiger partial charge in [0.1, 0.15) is 0 Å². The minimum atomic E-state index is 0. The van der Waals surface area contributed by atoms with Gasteiger partial charge in [0.15, 0.2) is 0 Å². The molecule has 3 rings (SSSR count). The lowest BCUT2D eigenvalue weighted by molar-refractivity contribution is -0.136. The zero-order valence-corrected chi connectivity index (χ0v) is 18.3. The first-order valence-electron chi connectivity index (χ1n) is 10.5. The first kappa shape index (κ1) is 25.0. The van der Waals surface area contributed by atoms with Crippen molar-refractivity contribution in [1.29, 1.82) is 0 Å². The normalized spacial score (nSPS) is 23.5. The van der Waals surface area contributed by atoms with Crippen LogP contribution in [0.1, 0.15) is 64.2 Å². The Morgan fingerprint density at radius 2 is 1.59 bits per heavy atom. The Kier molecular flexibility index (Phi) is 11.5. The summed E-state index contributed by atoms with van der Waals surface area (Å²) in [6, 6.07) is 0. The van der Waals surface area contributed by atoms with E-state index in [2.05, 4.69) is 9.80 Å². The molecule has 3 fully saturated rings.